The fraction of sp³-hybridized carbons (Fsp3) is 0.476. The van der Waals surface area contributed by atoms with E-state index in [0.29, 0.717) is 24.8 Å². The Morgan fingerprint density at radius 2 is 1.96 bits per heavy atom. The molecule has 0 unspecified atom stereocenters. The van der Waals surface area contributed by atoms with E-state index in [9.17, 15) is 9.18 Å². The molecule has 1 N–H and O–H groups in total. The van der Waals surface area contributed by atoms with Crippen LogP contribution in [-0.2, 0) is 13.2 Å². The first kappa shape index (κ1) is 19.6. The van der Waals surface area contributed by atoms with E-state index in [-0.39, 0.29) is 30.1 Å². The predicted octanol–water partition coefficient (Wildman–Crippen LogP) is 3.28. The Kier molecular flexibility index (Phi) is 6.29. The average Bonchev–Trinajstić information content (AvgIpc) is 3.04. The molecule has 5 nitrogen and oxygen atoms in total. The van der Waals surface area contributed by atoms with Gasteiger partial charge in [0.2, 0.25) is 0 Å². The van der Waals surface area contributed by atoms with Gasteiger partial charge in [0.1, 0.15) is 18.2 Å². The first-order valence-electron chi connectivity index (χ1n) is 9.45. The zero-order valence-electron chi connectivity index (χ0n) is 15.9. The van der Waals surface area contributed by atoms with Crippen molar-refractivity contribution in [2.75, 3.05) is 19.6 Å². The van der Waals surface area contributed by atoms with Gasteiger partial charge in [0.05, 0.1) is 0 Å². The van der Waals surface area contributed by atoms with Crippen LogP contribution in [0.3, 0.4) is 0 Å². The van der Waals surface area contributed by atoms with Gasteiger partial charge in [-0.1, -0.05) is 26.0 Å². The van der Waals surface area contributed by atoms with Crippen LogP contribution in [0, 0.1) is 11.7 Å². The van der Waals surface area contributed by atoms with E-state index >= 15 is 0 Å². The molecule has 1 atom stereocenters. The minimum atomic E-state index is -0.229. The van der Waals surface area contributed by atoms with Crippen LogP contribution in [0.4, 0.5) is 4.39 Å². The summed E-state index contributed by atoms with van der Waals surface area (Å²) >= 11 is 0. The van der Waals surface area contributed by atoms with E-state index in [1.54, 1.807) is 12.1 Å². The third-order valence-corrected chi connectivity index (χ3v) is 5.13. The molecule has 1 amide bonds. The molecule has 2 heterocycles. The molecule has 1 saturated heterocycles. The van der Waals surface area contributed by atoms with Crippen molar-refractivity contribution in [2.24, 2.45) is 5.92 Å². The minimum absolute atomic E-state index is 0.135. The third kappa shape index (κ3) is 4.76. The smallest absolute Gasteiger partial charge is 0.289 e. The summed E-state index contributed by atoms with van der Waals surface area (Å²) in [4.78, 5) is 17.1. The maximum absolute atomic E-state index is 13.2. The highest BCUT2D eigenvalue weighted by Crippen LogP contribution is 2.22. The van der Waals surface area contributed by atoms with Gasteiger partial charge >= 0.3 is 0 Å². The minimum Gasteiger partial charge on any atom is -0.453 e. The van der Waals surface area contributed by atoms with Gasteiger partial charge in [0.25, 0.3) is 5.91 Å². The zero-order chi connectivity index (χ0) is 19.4. The lowest BCUT2D eigenvalue weighted by molar-refractivity contribution is 0.0667. The number of rotatable bonds is 5. The lowest BCUT2D eigenvalue weighted by Gasteiger charge is -2.34. The Morgan fingerprint density at radius 3 is 2.59 bits per heavy atom. The standard InChI is InChI=1S/C21H27FN2O3/c1-15(2)19-13-24(21(26)20-9-8-18(14-25)27-20)11-3-10-23(19)12-16-4-6-17(22)7-5-16/h4-9,15,19,25H,3,10-14H2,1-2H3/t19-/m1/s1. The zero-order valence-corrected chi connectivity index (χ0v) is 15.9. The summed E-state index contributed by atoms with van der Waals surface area (Å²) in [5, 5.41) is 9.15. The van der Waals surface area contributed by atoms with Crippen molar-refractivity contribution in [2.45, 2.75) is 39.5 Å². The number of aliphatic hydroxyl groups excluding tert-OH is 1. The molecule has 1 aromatic carbocycles. The Hall–Kier alpha value is -2.18. The molecule has 3 rings (SSSR count). The van der Waals surface area contributed by atoms with Crippen molar-refractivity contribution in [3.63, 3.8) is 0 Å². The Labute approximate surface area is 159 Å². The monoisotopic (exact) mass is 374 g/mol. The van der Waals surface area contributed by atoms with Crippen LogP contribution in [0.1, 0.15) is 42.1 Å². The van der Waals surface area contributed by atoms with Crippen molar-refractivity contribution < 1.29 is 18.7 Å². The van der Waals surface area contributed by atoms with E-state index in [2.05, 4.69) is 18.7 Å². The fourth-order valence-electron chi connectivity index (χ4n) is 3.63. The van der Waals surface area contributed by atoms with Crippen molar-refractivity contribution in [1.82, 2.24) is 9.80 Å². The lowest BCUT2D eigenvalue weighted by Crippen LogP contribution is -2.45. The molecule has 0 radical (unpaired) electrons. The number of nitrogens with zero attached hydrogens (tertiary/aromatic N) is 2. The van der Waals surface area contributed by atoms with Gasteiger partial charge in [0.15, 0.2) is 5.76 Å². The molecule has 27 heavy (non-hydrogen) atoms. The van der Waals surface area contributed by atoms with E-state index < -0.39 is 0 Å². The molecule has 1 aliphatic heterocycles. The van der Waals surface area contributed by atoms with Crippen LogP contribution >= 0.6 is 0 Å². The quantitative estimate of drug-likeness (QED) is 0.873. The van der Waals surface area contributed by atoms with Gasteiger partial charge in [-0.2, -0.15) is 0 Å². The largest absolute Gasteiger partial charge is 0.453 e. The van der Waals surface area contributed by atoms with Crippen LogP contribution in [0.25, 0.3) is 0 Å². The van der Waals surface area contributed by atoms with E-state index in [0.717, 1.165) is 25.1 Å². The second-order valence-corrected chi connectivity index (χ2v) is 7.44. The fourth-order valence-corrected chi connectivity index (χ4v) is 3.63. The van der Waals surface area contributed by atoms with Gasteiger partial charge in [-0.05, 0) is 42.2 Å². The molecule has 0 aliphatic carbocycles. The normalized spacial score (nSPS) is 18.7. The number of benzene rings is 1. The molecule has 6 heteroatoms. The van der Waals surface area contributed by atoms with Crippen LogP contribution in [0.15, 0.2) is 40.8 Å². The summed E-state index contributed by atoms with van der Waals surface area (Å²) in [7, 11) is 0. The summed E-state index contributed by atoms with van der Waals surface area (Å²) in [5.74, 6) is 0.667. The number of furan rings is 1. The number of halogens is 1. The summed E-state index contributed by atoms with van der Waals surface area (Å²) < 4.78 is 18.6. The third-order valence-electron chi connectivity index (χ3n) is 5.13. The Bertz CT molecular complexity index is 757. The second-order valence-electron chi connectivity index (χ2n) is 7.44. The summed E-state index contributed by atoms with van der Waals surface area (Å²) in [6.45, 7) is 7.00. The van der Waals surface area contributed by atoms with Crippen LogP contribution < -0.4 is 0 Å². The highest BCUT2D eigenvalue weighted by Gasteiger charge is 2.30. The molecular weight excluding hydrogens is 347 g/mol. The molecule has 0 saturated carbocycles. The van der Waals surface area contributed by atoms with Gasteiger partial charge in [-0.15, -0.1) is 0 Å². The lowest BCUT2D eigenvalue weighted by atomic mass is 10.0. The highest BCUT2D eigenvalue weighted by atomic mass is 19.1. The van der Waals surface area contributed by atoms with Gasteiger partial charge in [0, 0.05) is 32.2 Å². The van der Waals surface area contributed by atoms with E-state index in [4.69, 9.17) is 9.52 Å². The first-order chi connectivity index (χ1) is 13.0. The van der Waals surface area contributed by atoms with Crippen LogP contribution in [0.2, 0.25) is 0 Å². The number of hydrogen-bond acceptors (Lipinski definition) is 4. The van der Waals surface area contributed by atoms with Crippen molar-refractivity contribution in [3.05, 3.63) is 59.3 Å². The molecule has 2 aromatic rings. The summed E-state index contributed by atoms with van der Waals surface area (Å²) in [6, 6.07) is 10.1. The van der Waals surface area contributed by atoms with Crippen molar-refractivity contribution in [1.29, 1.82) is 0 Å². The molecule has 1 fully saturated rings. The van der Waals surface area contributed by atoms with Crippen LogP contribution in [-0.4, -0.2) is 46.5 Å². The molecule has 1 aromatic heterocycles. The van der Waals surface area contributed by atoms with Gasteiger partial charge < -0.3 is 14.4 Å². The maximum Gasteiger partial charge on any atom is 0.289 e. The summed E-state index contributed by atoms with van der Waals surface area (Å²) in [5.41, 5.74) is 1.07. The number of carbonyl (C=O) groups is 1. The van der Waals surface area contributed by atoms with Gasteiger partial charge in [-0.3, -0.25) is 9.69 Å². The predicted molar refractivity (Wildman–Crippen MR) is 101 cm³/mol. The maximum atomic E-state index is 13.2. The van der Waals surface area contributed by atoms with Crippen molar-refractivity contribution in [3.8, 4) is 0 Å². The number of hydrogen-bond donors (Lipinski definition) is 1. The number of amides is 1. The number of aliphatic hydroxyl groups is 1. The van der Waals surface area contributed by atoms with Gasteiger partial charge in [-0.25, -0.2) is 4.39 Å². The second kappa shape index (κ2) is 8.67. The SMILES string of the molecule is CC(C)[C@H]1CN(C(=O)c2ccc(CO)o2)CCCN1Cc1ccc(F)cc1. The molecule has 0 bridgehead atoms. The first-order valence-corrected chi connectivity index (χ1v) is 9.45. The number of carbonyl (C=O) groups excluding carboxylic acids is 1. The van der Waals surface area contributed by atoms with Crippen LogP contribution in [0.5, 0.6) is 0 Å². The highest BCUT2D eigenvalue weighted by molar-refractivity contribution is 5.91. The van der Waals surface area contributed by atoms with E-state index in [1.807, 2.05) is 17.0 Å². The average molecular weight is 374 g/mol. The molecule has 146 valence electrons. The van der Waals surface area contributed by atoms with Crippen molar-refractivity contribution >= 4 is 5.91 Å². The molecular formula is C21H27FN2O3. The molecule has 0 spiro atoms. The Morgan fingerprint density at radius 1 is 1.22 bits per heavy atom. The Balaban J connectivity index is 1.74. The topological polar surface area (TPSA) is 56.9 Å². The summed E-state index contributed by atoms with van der Waals surface area (Å²) in [6.07, 6.45) is 0.865. The molecule has 1 aliphatic rings. The van der Waals surface area contributed by atoms with E-state index in [1.165, 1.54) is 12.1 Å².